The van der Waals surface area contributed by atoms with Crippen LogP contribution in [0.2, 0.25) is 0 Å². The van der Waals surface area contributed by atoms with E-state index in [1.54, 1.807) is 0 Å². The fourth-order valence-electron chi connectivity index (χ4n) is 5.77. The Balaban J connectivity index is 1.60. The van der Waals surface area contributed by atoms with Gasteiger partial charge in [-0.3, -0.25) is 9.69 Å². The average molecular weight is 322 g/mol. The van der Waals surface area contributed by atoms with Crippen LogP contribution in [-0.2, 0) is 4.79 Å². The molecule has 3 heteroatoms. The van der Waals surface area contributed by atoms with Crippen molar-refractivity contribution in [1.82, 2.24) is 9.88 Å². The fourth-order valence-corrected chi connectivity index (χ4v) is 5.77. The summed E-state index contributed by atoms with van der Waals surface area (Å²) >= 11 is 0. The molecular weight excluding hydrogens is 296 g/mol. The van der Waals surface area contributed by atoms with Crippen LogP contribution in [0.15, 0.2) is 30.5 Å². The number of hydrogen-bond donors (Lipinski definition) is 1. The normalized spacial score (nSPS) is 34.1. The molecule has 3 aliphatic carbocycles. The molecule has 6 rings (SSSR count). The van der Waals surface area contributed by atoms with E-state index in [1.807, 2.05) is 0 Å². The van der Waals surface area contributed by atoms with Crippen LogP contribution in [0.4, 0.5) is 0 Å². The van der Waals surface area contributed by atoms with Gasteiger partial charge in [-0.15, -0.1) is 0 Å². The number of likely N-dealkylation sites (tertiary alicyclic amines) is 1. The van der Waals surface area contributed by atoms with Crippen molar-refractivity contribution in [2.24, 2.45) is 11.8 Å². The van der Waals surface area contributed by atoms with Gasteiger partial charge in [0.2, 0.25) is 0 Å². The van der Waals surface area contributed by atoms with Crippen molar-refractivity contribution in [3.8, 4) is 0 Å². The first-order valence-corrected chi connectivity index (χ1v) is 9.66. The molecule has 1 N–H and O–H groups in total. The maximum atomic E-state index is 12.7. The lowest BCUT2D eigenvalue weighted by Crippen LogP contribution is -2.56. The van der Waals surface area contributed by atoms with Gasteiger partial charge in [0.15, 0.2) is 0 Å². The second kappa shape index (κ2) is 5.73. The van der Waals surface area contributed by atoms with Crippen LogP contribution in [0, 0.1) is 11.8 Å². The summed E-state index contributed by atoms with van der Waals surface area (Å²) in [6.45, 7) is 2.36. The molecule has 0 spiro atoms. The SMILES string of the molecule is O=C1C[C@@H]2CC[C@H]1[C@H](N1CCCCC1)[C@H]2c1c[nH]c2ccccc12. The highest BCUT2D eigenvalue weighted by Crippen LogP contribution is 2.51. The summed E-state index contributed by atoms with van der Waals surface area (Å²) in [5, 5.41) is 1.37. The summed E-state index contributed by atoms with van der Waals surface area (Å²) in [5.74, 6) is 1.87. The Labute approximate surface area is 143 Å². The van der Waals surface area contributed by atoms with Crippen LogP contribution >= 0.6 is 0 Å². The summed E-state index contributed by atoms with van der Waals surface area (Å²) in [6, 6.07) is 9.09. The van der Waals surface area contributed by atoms with Gasteiger partial charge in [0, 0.05) is 41.4 Å². The second-order valence-electron chi connectivity index (χ2n) is 8.02. The Morgan fingerprint density at radius 2 is 1.88 bits per heavy atom. The Hall–Kier alpha value is -1.61. The van der Waals surface area contributed by atoms with Crippen LogP contribution in [0.3, 0.4) is 0 Å². The number of aromatic nitrogens is 1. The summed E-state index contributed by atoms with van der Waals surface area (Å²) in [6.07, 6.45) is 9.32. The highest BCUT2D eigenvalue weighted by atomic mass is 16.1. The Bertz CT molecular complexity index is 758. The molecular formula is C21H26N2O. The van der Waals surface area contributed by atoms with Crippen LogP contribution in [0.5, 0.6) is 0 Å². The molecule has 4 atom stereocenters. The Morgan fingerprint density at radius 3 is 2.71 bits per heavy atom. The van der Waals surface area contributed by atoms with Crippen LogP contribution in [-0.4, -0.2) is 34.8 Å². The van der Waals surface area contributed by atoms with Crippen molar-refractivity contribution in [1.29, 1.82) is 0 Å². The van der Waals surface area contributed by atoms with Crippen molar-refractivity contribution in [3.63, 3.8) is 0 Å². The van der Waals surface area contributed by atoms with Crippen molar-refractivity contribution < 1.29 is 4.79 Å². The van der Waals surface area contributed by atoms with E-state index in [9.17, 15) is 4.79 Å². The minimum atomic E-state index is 0.270. The second-order valence-corrected chi connectivity index (χ2v) is 8.02. The van der Waals surface area contributed by atoms with Gasteiger partial charge in [-0.2, -0.15) is 0 Å². The topological polar surface area (TPSA) is 36.1 Å². The highest BCUT2D eigenvalue weighted by Gasteiger charge is 2.51. The van der Waals surface area contributed by atoms with Gasteiger partial charge >= 0.3 is 0 Å². The Kier molecular flexibility index (Phi) is 3.51. The summed E-state index contributed by atoms with van der Waals surface area (Å²) < 4.78 is 0. The molecule has 0 unspecified atom stereocenters. The van der Waals surface area contributed by atoms with E-state index in [0.29, 0.717) is 23.7 Å². The van der Waals surface area contributed by atoms with E-state index < -0.39 is 0 Å². The number of nitrogens with one attached hydrogen (secondary N) is 1. The number of benzene rings is 1. The molecule has 2 bridgehead atoms. The zero-order valence-corrected chi connectivity index (χ0v) is 14.2. The number of ketones is 1. The molecule has 3 nitrogen and oxygen atoms in total. The Morgan fingerprint density at radius 1 is 1.04 bits per heavy atom. The molecule has 1 aromatic carbocycles. The van der Waals surface area contributed by atoms with E-state index in [2.05, 4.69) is 40.3 Å². The minimum Gasteiger partial charge on any atom is -0.361 e. The lowest BCUT2D eigenvalue weighted by Gasteiger charge is -2.52. The molecule has 4 fully saturated rings. The van der Waals surface area contributed by atoms with E-state index in [4.69, 9.17) is 0 Å². The predicted molar refractivity (Wildman–Crippen MR) is 96.1 cm³/mol. The quantitative estimate of drug-likeness (QED) is 0.903. The lowest BCUT2D eigenvalue weighted by molar-refractivity contribution is -0.135. The van der Waals surface area contributed by atoms with Gasteiger partial charge in [0.05, 0.1) is 0 Å². The first kappa shape index (κ1) is 14.7. The number of nitrogens with zero attached hydrogens (tertiary/aromatic N) is 1. The van der Waals surface area contributed by atoms with Gasteiger partial charge in [-0.05, 0) is 56.3 Å². The molecule has 2 heterocycles. The maximum Gasteiger partial charge on any atom is 0.137 e. The predicted octanol–water partition coefficient (Wildman–Crippen LogP) is 4.11. The fraction of sp³-hybridized carbons (Fsp3) is 0.571. The third-order valence-electron chi connectivity index (χ3n) is 6.81. The number of aromatic amines is 1. The van der Waals surface area contributed by atoms with Crippen molar-refractivity contribution in [2.45, 2.75) is 50.5 Å². The van der Waals surface area contributed by atoms with Gasteiger partial charge in [0.1, 0.15) is 5.78 Å². The number of Topliss-reactive ketones (excluding diaryl/α,β-unsaturated/α-hetero) is 1. The number of piperidine rings is 1. The van der Waals surface area contributed by atoms with Crippen molar-refractivity contribution >= 4 is 16.7 Å². The minimum absolute atomic E-state index is 0.270. The average Bonchev–Trinajstić information content (AvgIpc) is 3.06. The maximum absolute atomic E-state index is 12.7. The number of fused-ring (bicyclic) bond motifs is 4. The molecule has 1 aromatic heterocycles. The smallest absolute Gasteiger partial charge is 0.137 e. The zero-order chi connectivity index (χ0) is 16.1. The van der Waals surface area contributed by atoms with E-state index >= 15 is 0 Å². The van der Waals surface area contributed by atoms with Crippen LogP contribution in [0.25, 0.3) is 10.9 Å². The third-order valence-corrected chi connectivity index (χ3v) is 6.81. The molecule has 0 radical (unpaired) electrons. The monoisotopic (exact) mass is 322 g/mol. The third kappa shape index (κ3) is 2.17. The molecule has 126 valence electrons. The molecule has 24 heavy (non-hydrogen) atoms. The number of para-hydroxylation sites is 1. The molecule has 0 amide bonds. The summed E-state index contributed by atoms with van der Waals surface area (Å²) in [4.78, 5) is 18.8. The lowest BCUT2D eigenvalue weighted by atomic mass is 9.58. The summed E-state index contributed by atoms with van der Waals surface area (Å²) in [7, 11) is 0. The number of rotatable bonds is 2. The highest BCUT2D eigenvalue weighted by molar-refractivity contribution is 5.87. The van der Waals surface area contributed by atoms with Gasteiger partial charge < -0.3 is 4.98 Å². The molecule has 3 saturated carbocycles. The molecule has 4 aliphatic rings. The molecule has 1 saturated heterocycles. The van der Waals surface area contributed by atoms with Crippen molar-refractivity contribution in [2.75, 3.05) is 13.1 Å². The number of H-pyrrole nitrogens is 1. The van der Waals surface area contributed by atoms with Crippen LogP contribution in [0.1, 0.15) is 50.0 Å². The van der Waals surface area contributed by atoms with Gasteiger partial charge in [0.25, 0.3) is 0 Å². The van der Waals surface area contributed by atoms with E-state index in [0.717, 1.165) is 12.8 Å². The largest absolute Gasteiger partial charge is 0.361 e. The van der Waals surface area contributed by atoms with Crippen molar-refractivity contribution in [3.05, 3.63) is 36.0 Å². The number of carbonyl (C=O) groups is 1. The first-order valence-electron chi connectivity index (χ1n) is 9.66. The number of carbonyl (C=O) groups excluding carboxylic acids is 1. The van der Waals surface area contributed by atoms with Gasteiger partial charge in [-0.1, -0.05) is 24.6 Å². The van der Waals surface area contributed by atoms with E-state index in [-0.39, 0.29) is 5.92 Å². The zero-order valence-electron chi connectivity index (χ0n) is 14.2. The molecule has 1 aliphatic heterocycles. The van der Waals surface area contributed by atoms with Gasteiger partial charge in [-0.25, -0.2) is 0 Å². The number of hydrogen-bond acceptors (Lipinski definition) is 2. The summed E-state index contributed by atoms with van der Waals surface area (Å²) in [5.41, 5.74) is 2.70. The first-order chi connectivity index (χ1) is 11.8. The van der Waals surface area contributed by atoms with E-state index in [1.165, 1.54) is 55.2 Å². The molecule has 2 aromatic rings. The van der Waals surface area contributed by atoms with Crippen LogP contribution < -0.4 is 0 Å². The standard InChI is InChI=1S/C21H26N2O/c24-19-12-14-8-9-16(19)21(23-10-4-1-5-11-23)20(14)17-13-22-18-7-3-2-6-15(17)18/h2-3,6-7,13-14,16,20-22H,1,4-5,8-12H2/t14-,16+,20+,21-/m0/s1.